The highest BCUT2D eigenvalue weighted by Gasteiger charge is 2.25. The zero-order valence-corrected chi connectivity index (χ0v) is 16.8. The highest BCUT2D eigenvalue weighted by atomic mass is 16.2. The molecule has 0 unspecified atom stereocenters. The predicted molar refractivity (Wildman–Crippen MR) is 116 cm³/mol. The summed E-state index contributed by atoms with van der Waals surface area (Å²) in [7, 11) is 0. The molecule has 1 fully saturated rings. The number of amides is 4. The molecular weight excluding hydrogens is 380 g/mol. The lowest BCUT2D eigenvalue weighted by atomic mass is 10.1. The number of nitrogens with one attached hydrogen (secondary N) is 3. The molecule has 4 amide bonds. The minimum atomic E-state index is -0.444. The Labute approximate surface area is 175 Å². The van der Waals surface area contributed by atoms with Gasteiger partial charge in [0.15, 0.2) is 0 Å². The molecule has 2 aliphatic rings. The SMILES string of the molecule is O=C(CNc1ccc(C(=O)N2CCc3ccccc32)cc1)NC(=O)NC1CCCC1. The zero-order valence-electron chi connectivity index (χ0n) is 16.8. The summed E-state index contributed by atoms with van der Waals surface area (Å²) in [6.07, 6.45) is 5.03. The van der Waals surface area contributed by atoms with Crippen LogP contribution in [0.15, 0.2) is 48.5 Å². The maximum atomic E-state index is 12.8. The summed E-state index contributed by atoms with van der Waals surface area (Å²) in [5, 5.41) is 8.14. The number of hydrogen-bond acceptors (Lipinski definition) is 4. The number of rotatable bonds is 5. The van der Waals surface area contributed by atoms with E-state index in [0.717, 1.165) is 37.8 Å². The molecule has 1 aliphatic heterocycles. The van der Waals surface area contributed by atoms with Gasteiger partial charge in [-0.25, -0.2) is 4.79 Å². The summed E-state index contributed by atoms with van der Waals surface area (Å²) in [5.41, 5.74) is 3.46. The topological polar surface area (TPSA) is 90.5 Å². The van der Waals surface area contributed by atoms with Crippen molar-refractivity contribution in [3.63, 3.8) is 0 Å². The molecule has 156 valence electrons. The van der Waals surface area contributed by atoms with Crippen LogP contribution in [0.1, 0.15) is 41.6 Å². The van der Waals surface area contributed by atoms with E-state index in [4.69, 9.17) is 0 Å². The van der Waals surface area contributed by atoms with E-state index in [9.17, 15) is 14.4 Å². The van der Waals surface area contributed by atoms with Crippen molar-refractivity contribution in [1.29, 1.82) is 0 Å². The van der Waals surface area contributed by atoms with Crippen molar-refractivity contribution >= 4 is 29.2 Å². The maximum Gasteiger partial charge on any atom is 0.321 e. The molecule has 0 radical (unpaired) electrons. The van der Waals surface area contributed by atoms with Crippen LogP contribution < -0.4 is 20.9 Å². The Balaban J connectivity index is 1.27. The molecule has 0 spiro atoms. The molecule has 1 heterocycles. The van der Waals surface area contributed by atoms with Crippen molar-refractivity contribution in [2.24, 2.45) is 0 Å². The lowest BCUT2D eigenvalue weighted by Gasteiger charge is -2.17. The Kier molecular flexibility index (Phi) is 5.97. The molecule has 2 aromatic carbocycles. The number of anilines is 2. The van der Waals surface area contributed by atoms with Gasteiger partial charge in [0.25, 0.3) is 5.91 Å². The van der Waals surface area contributed by atoms with Gasteiger partial charge in [0.1, 0.15) is 0 Å². The largest absolute Gasteiger partial charge is 0.376 e. The lowest BCUT2D eigenvalue weighted by molar-refractivity contribution is -0.118. The number of hydrogen-bond donors (Lipinski definition) is 3. The minimum absolute atomic E-state index is 0.0229. The van der Waals surface area contributed by atoms with Crippen LogP contribution in [0.25, 0.3) is 0 Å². The first-order valence-corrected chi connectivity index (χ1v) is 10.4. The molecule has 0 atom stereocenters. The van der Waals surface area contributed by atoms with Crippen molar-refractivity contribution in [2.45, 2.75) is 38.1 Å². The Morgan fingerprint density at radius 3 is 2.47 bits per heavy atom. The van der Waals surface area contributed by atoms with Gasteiger partial charge in [-0.15, -0.1) is 0 Å². The molecule has 30 heavy (non-hydrogen) atoms. The molecule has 2 aromatic rings. The normalized spacial score (nSPS) is 15.5. The van der Waals surface area contributed by atoms with Crippen LogP contribution >= 0.6 is 0 Å². The number of benzene rings is 2. The number of fused-ring (bicyclic) bond motifs is 1. The van der Waals surface area contributed by atoms with Crippen LogP contribution in [0, 0.1) is 0 Å². The number of carbonyl (C=O) groups excluding carboxylic acids is 3. The molecule has 3 N–H and O–H groups in total. The average molecular weight is 406 g/mol. The molecule has 1 saturated carbocycles. The second-order valence-electron chi connectivity index (χ2n) is 7.77. The first-order valence-electron chi connectivity index (χ1n) is 10.4. The van der Waals surface area contributed by atoms with Gasteiger partial charge < -0.3 is 15.5 Å². The molecule has 0 bridgehead atoms. The first-order chi connectivity index (χ1) is 14.6. The summed E-state index contributed by atoms with van der Waals surface area (Å²) >= 11 is 0. The summed E-state index contributed by atoms with van der Waals surface area (Å²) < 4.78 is 0. The van der Waals surface area contributed by atoms with E-state index >= 15 is 0 Å². The van der Waals surface area contributed by atoms with E-state index in [-0.39, 0.29) is 18.5 Å². The zero-order chi connectivity index (χ0) is 20.9. The highest BCUT2D eigenvalue weighted by Crippen LogP contribution is 2.29. The van der Waals surface area contributed by atoms with Crippen LogP contribution in [0.3, 0.4) is 0 Å². The first kappa shape index (κ1) is 19.9. The van der Waals surface area contributed by atoms with Gasteiger partial charge >= 0.3 is 6.03 Å². The van der Waals surface area contributed by atoms with Crippen molar-refractivity contribution in [2.75, 3.05) is 23.3 Å². The number of urea groups is 1. The van der Waals surface area contributed by atoms with Crippen molar-refractivity contribution in [3.8, 4) is 0 Å². The Hall–Kier alpha value is -3.35. The van der Waals surface area contributed by atoms with Gasteiger partial charge in [-0.3, -0.25) is 14.9 Å². The second-order valence-corrected chi connectivity index (χ2v) is 7.77. The van der Waals surface area contributed by atoms with Gasteiger partial charge in [-0.1, -0.05) is 31.0 Å². The van der Waals surface area contributed by atoms with Crippen LogP contribution in [-0.4, -0.2) is 37.0 Å². The number of imide groups is 1. The molecule has 0 aromatic heterocycles. The maximum absolute atomic E-state index is 12.8. The van der Waals surface area contributed by atoms with E-state index in [1.165, 1.54) is 5.56 Å². The number of carbonyl (C=O) groups is 3. The van der Waals surface area contributed by atoms with Crippen molar-refractivity contribution < 1.29 is 14.4 Å². The fourth-order valence-corrected chi connectivity index (χ4v) is 4.08. The van der Waals surface area contributed by atoms with Crippen LogP contribution in [-0.2, 0) is 11.2 Å². The predicted octanol–water partition coefficient (Wildman–Crippen LogP) is 3.07. The molecule has 7 heteroatoms. The molecule has 1 aliphatic carbocycles. The summed E-state index contributed by atoms with van der Waals surface area (Å²) in [6, 6.07) is 14.7. The lowest BCUT2D eigenvalue weighted by Crippen LogP contribution is -2.45. The van der Waals surface area contributed by atoms with E-state index in [1.807, 2.05) is 18.2 Å². The molecule has 4 rings (SSSR count). The van der Waals surface area contributed by atoms with Crippen LogP contribution in [0.4, 0.5) is 16.2 Å². The Morgan fingerprint density at radius 2 is 1.70 bits per heavy atom. The van der Waals surface area contributed by atoms with Crippen molar-refractivity contribution in [3.05, 3.63) is 59.7 Å². The van der Waals surface area contributed by atoms with Gasteiger partial charge in [0.2, 0.25) is 5.91 Å². The van der Waals surface area contributed by atoms with Crippen LogP contribution in [0.2, 0.25) is 0 Å². The monoisotopic (exact) mass is 406 g/mol. The van der Waals surface area contributed by atoms with Crippen molar-refractivity contribution in [1.82, 2.24) is 10.6 Å². The third kappa shape index (κ3) is 4.62. The second kappa shape index (κ2) is 8.98. The van der Waals surface area contributed by atoms with E-state index in [1.54, 1.807) is 29.2 Å². The van der Waals surface area contributed by atoms with Gasteiger partial charge in [-0.2, -0.15) is 0 Å². The molecule has 0 saturated heterocycles. The average Bonchev–Trinajstić information content (AvgIpc) is 3.42. The summed E-state index contributed by atoms with van der Waals surface area (Å²) in [6.45, 7) is 0.659. The van der Waals surface area contributed by atoms with E-state index in [0.29, 0.717) is 17.8 Å². The van der Waals surface area contributed by atoms with Gasteiger partial charge in [0.05, 0.1) is 6.54 Å². The third-order valence-electron chi connectivity index (χ3n) is 5.66. The Bertz CT molecular complexity index is 936. The third-order valence-corrected chi connectivity index (χ3v) is 5.66. The molecular formula is C23H26N4O3. The highest BCUT2D eigenvalue weighted by molar-refractivity contribution is 6.07. The molecule has 7 nitrogen and oxygen atoms in total. The minimum Gasteiger partial charge on any atom is -0.376 e. The van der Waals surface area contributed by atoms with E-state index < -0.39 is 11.9 Å². The van der Waals surface area contributed by atoms with Crippen LogP contribution in [0.5, 0.6) is 0 Å². The van der Waals surface area contributed by atoms with Gasteiger partial charge in [-0.05, 0) is 55.2 Å². The smallest absolute Gasteiger partial charge is 0.321 e. The number of nitrogens with zero attached hydrogens (tertiary/aromatic N) is 1. The summed E-state index contributed by atoms with van der Waals surface area (Å²) in [5.74, 6) is -0.438. The number of para-hydroxylation sites is 1. The Morgan fingerprint density at radius 1 is 0.967 bits per heavy atom. The fraction of sp³-hybridized carbons (Fsp3) is 0.348. The van der Waals surface area contributed by atoms with E-state index in [2.05, 4.69) is 22.0 Å². The quantitative estimate of drug-likeness (QED) is 0.712. The summed E-state index contributed by atoms with van der Waals surface area (Å²) in [4.78, 5) is 38.5. The van der Waals surface area contributed by atoms with Gasteiger partial charge in [0, 0.05) is 29.5 Å². The standard InChI is InChI=1S/C23H26N4O3/c28-21(26-23(30)25-19-6-2-3-7-19)15-24-18-11-9-17(10-12-18)22(29)27-14-13-16-5-1-4-8-20(16)27/h1,4-5,8-12,19,24H,2-3,6-7,13-15H2,(H2,25,26,28,30). The fourth-order valence-electron chi connectivity index (χ4n) is 4.08.